The molecule has 0 atom stereocenters. The molecular formula is C16H10Cl2N4S. The Hall–Kier alpha value is -2.08. The van der Waals surface area contributed by atoms with Gasteiger partial charge in [-0.15, -0.1) is 11.3 Å². The van der Waals surface area contributed by atoms with Crippen molar-refractivity contribution in [3.05, 3.63) is 58.2 Å². The minimum Gasteiger partial charge on any atom is -0.345 e. The molecule has 0 saturated carbocycles. The van der Waals surface area contributed by atoms with E-state index in [9.17, 15) is 0 Å². The topological polar surface area (TPSA) is 53.6 Å². The maximum absolute atomic E-state index is 6.20. The largest absolute Gasteiger partial charge is 0.345 e. The van der Waals surface area contributed by atoms with Crippen LogP contribution in [0.25, 0.3) is 22.3 Å². The molecule has 0 saturated heterocycles. The van der Waals surface area contributed by atoms with Crippen LogP contribution in [0.4, 0.5) is 10.8 Å². The maximum Gasteiger partial charge on any atom is 0.187 e. The summed E-state index contributed by atoms with van der Waals surface area (Å²) in [6.45, 7) is 0. The van der Waals surface area contributed by atoms with Gasteiger partial charge < -0.3 is 10.3 Å². The molecule has 0 fully saturated rings. The highest BCUT2D eigenvalue weighted by molar-refractivity contribution is 7.14. The molecule has 4 nitrogen and oxygen atoms in total. The number of aromatic nitrogens is 3. The second kappa shape index (κ2) is 5.85. The summed E-state index contributed by atoms with van der Waals surface area (Å²) >= 11 is 13.7. The first-order valence-electron chi connectivity index (χ1n) is 6.81. The molecule has 0 amide bonds. The van der Waals surface area contributed by atoms with Crippen molar-refractivity contribution in [2.75, 3.05) is 5.32 Å². The van der Waals surface area contributed by atoms with Crippen molar-refractivity contribution in [3.8, 4) is 11.3 Å². The third kappa shape index (κ3) is 2.67. The highest BCUT2D eigenvalue weighted by Crippen LogP contribution is 2.35. The van der Waals surface area contributed by atoms with Crippen molar-refractivity contribution in [2.45, 2.75) is 0 Å². The molecule has 0 aliphatic heterocycles. The summed E-state index contributed by atoms with van der Waals surface area (Å²) in [6, 6.07) is 9.40. The smallest absolute Gasteiger partial charge is 0.187 e. The molecule has 1 aromatic carbocycles. The second-order valence-corrected chi connectivity index (χ2v) is 6.51. The fourth-order valence-corrected chi connectivity index (χ4v) is 3.41. The number of nitrogens with one attached hydrogen (secondary N) is 2. The van der Waals surface area contributed by atoms with Gasteiger partial charge in [0.2, 0.25) is 0 Å². The van der Waals surface area contributed by atoms with Crippen LogP contribution in [0.1, 0.15) is 0 Å². The number of hydrogen-bond donors (Lipinski definition) is 2. The van der Waals surface area contributed by atoms with Crippen LogP contribution >= 0.6 is 34.5 Å². The van der Waals surface area contributed by atoms with E-state index in [1.165, 1.54) is 11.3 Å². The van der Waals surface area contributed by atoms with E-state index in [4.69, 9.17) is 23.2 Å². The van der Waals surface area contributed by atoms with Crippen LogP contribution in [0.2, 0.25) is 10.0 Å². The number of aromatic amines is 1. The lowest BCUT2D eigenvalue weighted by Gasteiger charge is -2.05. The Bertz CT molecular complexity index is 993. The molecule has 3 aromatic heterocycles. The van der Waals surface area contributed by atoms with Crippen LogP contribution in [0.5, 0.6) is 0 Å². The van der Waals surface area contributed by atoms with Gasteiger partial charge >= 0.3 is 0 Å². The zero-order valence-electron chi connectivity index (χ0n) is 11.7. The Labute approximate surface area is 146 Å². The molecule has 2 N–H and O–H groups in total. The van der Waals surface area contributed by atoms with Crippen molar-refractivity contribution >= 4 is 56.4 Å². The number of hydrogen-bond acceptors (Lipinski definition) is 4. The predicted octanol–water partition coefficient (Wildman–Crippen LogP) is 5.74. The summed E-state index contributed by atoms with van der Waals surface area (Å²) in [5.74, 6) is 0. The molecule has 0 spiro atoms. The highest BCUT2D eigenvalue weighted by Gasteiger charge is 2.11. The highest BCUT2D eigenvalue weighted by atomic mass is 35.5. The van der Waals surface area contributed by atoms with Gasteiger partial charge in [0.1, 0.15) is 5.65 Å². The first kappa shape index (κ1) is 14.5. The summed E-state index contributed by atoms with van der Waals surface area (Å²) < 4.78 is 0. The molecule has 0 unspecified atom stereocenters. The van der Waals surface area contributed by atoms with Gasteiger partial charge in [-0.2, -0.15) is 0 Å². The summed E-state index contributed by atoms with van der Waals surface area (Å²) in [5.41, 5.74) is 3.49. The lowest BCUT2D eigenvalue weighted by atomic mass is 10.2. The van der Waals surface area contributed by atoms with Gasteiger partial charge in [-0.3, -0.25) is 0 Å². The zero-order valence-corrected chi connectivity index (χ0v) is 14.0. The van der Waals surface area contributed by atoms with E-state index in [2.05, 4.69) is 20.3 Å². The number of benzene rings is 1. The first-order chi connectivity index (χ1) is 11.2. The molecule has 0 aliphatic rings. The number of rotatable bonds is 3. The Morgan fingerprint density at radius 2 is 2.04 bits per heavy atom. The van der Waals surface area contributed by atoms with E-state index in [1.807, 2.05) is 35.8 Å². The summed E-state index contributed by atoms with van der Waals surface area (Å²) in [4.78, 5) is 12.1. The second-order valence-electron chi connectivity index (χ2n) is 4.87. The number of H-pyrrole nitrogens is 1. The molecular weight excluding hydrogens is 351 g/mol. The van der Waals surface area contributed by atoms with Gasteiger partial charge in [-0.05, 0) is 24.3 Å². The number of anilines is 2. The van der Waals surface area contributed by atoms with Crippen molar-refractivity contribution in [3.63, 3.8) is 0 Å². The molecule has 114 valence electrons. The molecule has 0 bridgehead atoms. The molecule has 0 radical (unpaired) electrons. The van der Waals surface area contributed by atoms with Crippen molar-refractivity contribution in [2.24, 2.45) is 0 Å². The van der Waals surface area contributed by atoms with Crippen LogP contribution in [0.3, 0.4) is 0 Å². The predicted molar refractivity (Wildman–Crippen MR) is 96.9 cm³/mol. The van der Waals surface area contributed by atoms with Crippen LogP contribution in [-0.4, -0.2) is 15.0 Å². The Balaban J connectivity index is 1.68. The average molecular weight is 361 g/mol. The monoisotopic (exact) mass is 360 g/mol. The van der Waals surface area contributed by atoms with E-state index in [-0.39, 0.29) is 0 Å². The quantitative estimate of drug-likeness (QED) is 0.489. The SMILES string of the molecule is Clc1cccc(Nc2nc(-c3c[nH]c4ncccc34)cs2)c1Cl. The number of pyridine rings is 1. The number of halogens is 2. The van der Waals surface area contributed by atoms with E-state index in [0.717, 1.165) is 33.1 Å². The van der Waals surface area contributed by atoms with E-state index >= 15 is 0 Å². The minimum absolute atomic E-state index is 0.488. The lowest BCUT2D eigenvalue weighted by Crippen LogP contribution is -1.90. The molecule has 7 heteroatoms. The van der Waals surface area contributed by atoms with Crippen LogP contribution in [-0.2, 0) is 0 Å². The van der Waals surface area contributed by atoms with Crippen molar-refractivity contribution in [1.82, 2.24) is 15.0 Å². The molecule has 23 heavy (non-hydrogen) atoms. The van der Waals surface area contributed by atoms with Gasteiger partial charge in [0.25, 0.3) is 0 Å². The average Bonchev–Trinajstić information content (AvgIpc) is 3.18. The van der Waals surface area contributed by atoms with E-state index in [0.29, 0.717) is 10.0 Å². The van der Waals surface area contributed by atoms with E-state index in [1.54, 1.807) is 12.3 Å². The Morgan fingerprint density at radius 1 is 1.13 bits per heavy atom. The summed E-state index contributed by atoms with van der Waals surface area (Å²) in [7, 11) is 0. The fraction of sp³-hybridized carbons (Fsp3) is 0. The van der Waals surface area contributed by atoms with Crippen LogP contribution in [0.15, 0.2) is 48.1 Å². The van der Waals surface area contributed by atoms with Crippen LogP contribution < -0.4 is 5.32 Å². The first-order valence-corrected chi connectivity index (χ1v) is 8.45. The fourth-order valence-electron chi connectivity index (χ4n) is 2.34. The molecule has 3 heterocycles. The number of thiazole rings is 1. The van der Waals surface area contributed by atoms with E-state index < -0.39 is 0 Å². The van der Waals surface area contributed by atoms with Crippen molar-refractivity contribution in [1.29, 1.82) is 0 Å². The molecule has 4 aromatic rings. The van der Waals surface area contributed by atoms with Crippen LogP contribution in [0, 0.1) is 0 Å². The van der Waals surface area contributed by atoms with Gasteiger partial charge in [-0.25, -0.2) is 9.97 Å². The van der Waals surface area contributed by atoms with Gasteiger partial charge in [0.05, 0.1) is 21.4 Å². The third-order valence-corrected chi connectivity index (χ3v) is 5.00. The lowest BCUT2D eigenvalue weighted by molar-refractivity contribution is 1.32. The van der Waals surface area contributed by atoms with Gasteiger partial charge in [-0.1, -0.05) is 29.3 Å². The molecule has 4 rings (SSSR count). The standard InChI is InChI=1S/C16H10Cl2N4S/c17-11-4-1-5-12(14(11)18)21-16-22-13(8-23-16)10-7-20-15-9(10)3-2-6-19-15/h1-8H,(H,19,20)(H,21,22). The Kier molecular flexibility index (Phi) is 3.69. The molecule has 0 aliphatic carbocycles. The Morgan fingerprint density at radius 3 is 2.96 bits per heavy atom. The number of nitrogens with zero attached hydrogens (tertiary/aromatic N) is 2. The van der Waals surface area contributed by atoms with Gasteiger partial charge in [0, 0.05) is 28.7 Å². The normalized spacial score (nSPS) is 11.0. The third-order valence-electron chi connectivity index (χ3n) is 3.42. The minimum atomic E-state index is 0.488. The summed E-state index contributed by atoms with van der Waals surface area (Å²) in [5, 5.41) is 8.00. The summed E-state index contributed by atoms with van der Waals surface area (Å²) in [6.07, 6.45) is 3.68. The zero-order chi connectivity index (χ0) is 15.8. The van der Waals surface area contributed by atoms with Crippen molar-refractivity contribution < 1.29 is 0 Å². The number of fused-ring (bicyclic) bond motifs is 1. The maximum atomic E-state index is 6.20. The van der Waals surface area contributed by atoms with Gasteiger partial charge in [0.15, 0.2) is 5.13 Å².